The summed E-state index contributed by atoms with van der Waals surface area (Å²) in [5, 5.41) is 0.553. The maximum atomic E-state index is 5.94. The number of nitrogens with two attached hydrogens (primary N) is 1. The van der Waals surface area contributed by atoms with Crippen LogP contribution in [0.4, 0.5) is 0 Å². The van der Waals surface area contributed by atoms with Gasteiger partial charge in [-0.25, -0.2) is 4.98 Å². The fraction of sp³-hybridized carbons (Fsp3) is 0.154. The molecule has 2 rings (SSSR count). The zero-order chi connectivity index (χ0) is 13.1. The van der Waals surface area contributed by atoms with Crippen LogP contribution in [-0.4, -0.2) is 4.98 Å². The first-order valence-electron chi connectivity index (χ1n) is 5.39. The van der Waals surface area contributed by atoms with Crippen molar-refractivity contribution in [3.63, 3.8) is 0 Å². The molecule has 1 aromatic heterocycles. The van der Waals surface area contributed by atoms with Crippen LogP contribution in [0.5, 0.6) is 11.6 Å². The molecule has 18 heavy (non-hydrogen) atoms. The molecule has 0 radical (unpaired) electrons. The van der Waals surface area contributed by atoms with E-state index in [0.717, 1.165) is 15.8 Å². The maximum Gasteiger partial charge on any atom is 0.219 e. The maximum absolute atomic E-state index is 5.94. The summed E-state index contributed by atoms with van der Waals surface area (Å²) in [6.45, 7) is 2.28. The van der Waals surface area contributed by atoms with Gasteiger partial charge in [0.15, 0.2) is 0 Å². The Hall–Kier alpha value is -1.10. The van der Waals surface area contributed by atoms with E-state index in [2.05, 4.69) is 20.9 Å². The summed E-state index contributed by atoms with van der Waals surface area (Å²) < 4.78 is 6.71. The number of aromatic nitrogens is 1. The van der Waals surface area contributed by atoms with Crippen molar-refractivity contribution in [3.8, 4) is 11.6 Å². The van der Waals surface area contributed by atoms with E-state index >= 15 is 0 Å². The minimum absolute atomic E-state index is 0.287. The minimum atomic E-state index is 0.287. The lowest BCUT2D eigenvalue weighted by molar-refractivity contribution is 0.460. The molecule has 0 aliphatic rings. The third-order valence-electron chi connectivity index (χ3n) is 2.44. The molecule has 3 nitrogen and oxygen atoms in total. The van der Waals surface area contributed by atoms with Crippen LogP contribution in [0.25, 0.3) is 0 Å². The molecular weight excluding hydrogens is 316 g/mol. The highest BCUT2D eigenvalue weighted by molar-refractivity contribution is 9.10. The Morgan fingerprint density at radius 1 is 1.33 bits per heavy atom. The normalized spacial score (nSPS) is 10.4. The second kappa shape index (κ2) is 5.69. The molecule has 1 aromatic carbocycles. The molecule has 0 saturated heterocycles. The fourth-order valence-corrected chi connectivity index (χ4v) is 1.89. The Kier molecular flexibility index (Phi) is 4.22. The van der Waals surface area contributed by atoms with Crippen molar-refractivity contribution in [2.75, 3.05) is 0 Å². The number of hydrogen-bond acceptors (Lipinski definition) is 3. The highest BCUT2D eigenvalue weighted by Crippen LogP contribution is 2.26. The number of benzene rings is 1. The second-order valence-electron chi connectivity index (χ2n) is 3.80. The van der Waals surface area contributed by atoms with Gasteiger partial charge >= 0.3 is 0 Å². The van der Waals surface area contributed by atoms with Crippen molar-refractivity contribution in [1.82, 2.24) is 4.98 Å². The fourth-order valence-electron chi connectivity index (χ4n) is 1.47. The first kappa shape index (κ1) is 13.3. The molecule has 0 amide bonds. The van der Waals surface area contributed by atoms with Crippen LogP contribution >= 0.6 is 27.5 Å². The van der Waals surface area contributed by atoms with Crippen LogP contribution in [-0.2, 0) is 6.54 Å². The van der Waals surface area contributed by atoms with Gasteiger partial charge in [-0.3, -0.25) is 0 Å². The number of halogens is 2. The average Bonchev–Trinajstić information content (AvgIpc) is 2.36. The lowest BCUT2D eigenvalue weighted by atomic mass is 10.2. The van der Waals surface area contributed by atoms with Crippen molar-refractivity contribution < 1.29 is 4.74 Å². The topological polar surface area (TPSA) is 48.1 Å². The summed E-state index contributed by atoms with van der Waals surface area (Å²) in [7, 11) is 0. The summed E-state index contributed by atoms with van der Waals surface area (Å²) in [6.07, 6.45) is 0. The molecule has 2 N–H and O–H groups in total. The van der Waals surface area contributed by atoms with Crippen molar-refractivity contribution >= 4 is 27.5 Å². The third-order valence-corrected chi connectivity index (χ3v) is 3.67. The van der Waals surface area contributed by atoms with E-state index in [-0.39, 0.29) is 6.54 Å². The Morgan fingerprint density at radius 3 is 2.78 bits per heavy atom. The summed E-state index contributed by atoms with van der Waals surface area (Å²) in [5.41, 5.74) is 7.27. The van der Waals surface area contributed by atoms with E-state index in [1.165, 1.54) is 0 Å². The van der Waals surface area contributed by atoms with E-state index < -0.39 is 0 Å². The van der Waals surface area contributed by atoms with Gasteiger partial charge in [0.1, 0.15) is 5.75 Å². The standard InChI is InChI=1S/C13H12BrClN2O/c1-8-6-9(2-3-10(8)14)18-13-5-4-11(15)12(7-16)17-13/h2-6H,7,16H2,1H3. The van der Waals surface area contributed by atoms with E-state index in [1.807, 2.05) is 25.1 Å². The Morgan fingerprint density at radius 2 is 2.11 bits per heavy atom. The van der Waals surface area contributed by atoms with Crippen molar-refractivity contribution in [2.45, 2.75) is 13.5 Å². The lowest BCUT2D eigenvalue weighted by Gasteiger charge is -2.08. The van der Waals surface area contributed by atoms with Gasteiger partial charge in [0.2, 0.25) is 5.88 Å². The van der Waals surface area contributed by atoms with E-state index in [0.29, 0.717) is 16.6 Å². The first-order valence-corrected chi connectivity index (χ1v) is 6.56. The monoisotopic (exact) mass is 326 g/mol. The van der Waals surface area contributed by atoms with Crippen LogP contribution in [0.3, 0.4) is 0 Å². The Labute approximate surface area is 119 Å². The van der Waals surface area contributed by atoms with Gasteiger partial charge in [-0.1, -0.05) is 27.5 Å². The van der Waals surface area contributed by atoms with E-state index in [9.17, 15) is 0 Å². The van der Waals surface area contributed by atoms with Gasteiger partial charge in [0.05, 0.1) is 10.7 Å². The predicted molar refractivity (Wildman–Crippen MR) is 76.1 cm³/mol. The average molecular weight is 328 g/mol. The lowest BCUT2D eigenvalue weighted by Crippen LogP contribution is -2.01. The molecule has 1 heterocycles. The molecule has 5 heteroatoms. The molecule has 0 unspecified atom stereocenters. The largest absolute Gasteiger partial charge is 0.439 e. The molecule has 0 saturated carbocycles. The zero-order valence-corrected chi connectivity index (χ0v) is 12.1. The number of ether oxygens (including phenoxy) is 1. The third kappa shape index (κ3) is 3.02. The number of rotatable bonds is 3. The SMILES string of the molecule is Cc1cc(Oc2ccc(Cl)c(CN)n2)ccc1Br. The van der Waals surface area contributed by atoms with Crippen LogP contribution in [0.15, 0.2) is 34.8 Å². The molecular formula is C13H12BrClN2O. The number of nitrogens with zero attached hydrogens (tertiary/aromatic N) is 1. The Bertz CT molecular complexity index is 575. The molecule has 0 aliphatic heterocycles. The van der Waals surface area contributed by atoms with Crippen molar-refractivity contribution in [1.29, 1.82) is 0 Å². The van der Waals surface area contributed by atoms with Crippen LogP contribution in [0.2, 0.25) is 5.02 Å². The van der Waals surface area contributed by atoms with Gasteiger partial charge in [-0.15, -0.1) is 0 Å². The van der Waals surface area contributed by atoms with Gasteiger partial charge in [-0.2, -0.15) is 0 Å². The van der Waals surface area contributed by atoms with Crippen molar-refractivity contribution in [2.24, 2.45) is 5.73 Å². The number of hydrogen-bond donors (Lipinski definition) is 1. The minimum Gasteiger partial charge on any atom is -0.439 e. The van der Waals surface area contributed by atoms with Crippen LogP contribution < -0.4 is 10.5 Å². The van der Waals surface area contributed by atoms with E-state index in [1.54, 1.807) is 12.1 Å². The molecule has 2 aromatic rings. The highest BCUT2D eigenvalue weighted by Gasteiger charge is 2.05. The smallest absolute Gasteiger partial charge is 0.219 e. The molecule has 0 fully saturated rings. The molecule has 0 spiro atoms. The van der Waals surface area contributed by atoms with Gasteiger partial charge in [0, 0.05) is 17.1 Å². The second-order valence-corrected chi connectivity index (χ2v) is 5.06. The highest BCUT2D eigenvalue weighted by atomic mass is 79.9. The van der Waals surface area contributed by atoms with Gasteiger partial charge in [-0.05, 0) is 36.8 Å². The first-order chi connectivity index (χ1) is 8.60. The predicted octanol–water partition coefficient (Wildman–Crippen LogP) is 4.06. The van der Waals surface area contributed by atoms with Crippen LogP contribution in [0, 0.1) is 6.92 Å². The molecule has 94 valence electrons. The molecule has 0 atom stereocenters. The molecule has 0 aliphatic carbocycles. The summed E-state index contributed by atoms with van der Waals surface area (Å²) in [5.74, 6) is 1.22. The number of pyridine rings is 1. The summed E-state index contributed by atoms with van der Waals surface area (Å²) in [6, 6.07) is 9.19. The quantitative estimate of drug-likeness (QED) is 0.925. The number of aryl methyl sites for hydroxylation is 1. The van der Waals surface area contributed by atoms with Gasteiger partial charge in [0.25, 0.3) is 0 Å². The Balaban J connectivity index is 2.25. The summed E-state index contributed by atoms with van der Waals surface area (Å²) >= 11 is 9.38. The summed E-state index contributed by atoms with van der Waals surface area (Å²) in [4.78, 5) is 4.25. The molecule has 0 bridgehead atoms. The van der Waals surface area contributed by atoms with E-state index in [4.69, 9.17) is 22.1 Å². The van der Waals surface area contributed by atoms with Crippen molar-refractivity contribution in [3.05, 3.63) is 51.1 Å². The van der Waals surface area contributed by atoms with Crippen LogP contribution in [0.1, 0.15) is 11.3 Å². The van der Waals surface area contributed by atoms with Gasteiger partial charge < -0.3 is 10.5 Å². The zero-order valence-electron chi connectivity index (χ0n) is 9.78.